The summed E-state index contributed by atoms with van der Waals surface area (Å²) >= 11 is 0. The number of benzene rings is 2. The first kappa shape index (κ1) is 21.7. The van der Waals surface area contributed by atoms with E-state index in [-0.39, 0.29) is 23.0 Å². The fourth-order valence-corrected chi connectivity index (χ4v) is 5.76. The molecular formula is C28H26N2O5. The molecule has 2 aliphatic heterocycles. The number of methoxy groups -OCH3 is 1. The number of phenols is 1. The first-order valence-electron chi connectivity index (χ1n) is 11.8. The van der Waals surface area contributed by atoms with Gasteiger partial charge in [-0.1, -0.05) is 6.07 Å². The molecule has 6 rings (SSSR count). The molecular weight excluding hydrogens is 444 g/mol. The van der Waals surface area contributed by atoms with Gasteiger partial charge in [-0.2, -0.15) is 0 Å². The molecule has 4 aromatic rings. The third kappa shape index (κ3) is 3.72. The van der Waals surface area contributed by atoms with E-state index in [2.05, 4.69) is 4.90 Å². The number of pyridine rings is 1. The van der Waals surface area contributed by atoms with E-state index in [4.69, 9.17) is 9.15 Å². The Morgan fingerprint density at radius 2 is 1.91 bits per heavy atom. The Labute approximate surface area is 202 Å². The number of piperidine rings is 1. The smallest absolute Gasteiger partial charge is 0.250 e. The van der Waals surface area contributed by atoms with Gasteiger partial charge in [0.2, 0.25) is 0 Å². The van der Waals surface area contributed by atoms with Gasteiger partial charge in [-0.25, -0.2) is 0 Å². The minimum Gasteiger partial charge on any atom is -0.508 e. The van der Waals surface area contributed by atoms with E-state index in [1.807, 2.05) is 16.7 Å². The maximum Gasteiger partial charge on any atom is 0.250 e. The largest absolute Gasteiger partial charge is 0.508 e. The summed E-state index contributed by atoms with van der Waals surface area (Å²) in [6.45, 7) is 2.82. The third-order valence-electron chi connectivity index (χ3n) is 7.36. The normalized spacial score (nSPS) is 19.5. The highest BCUT2D eigenvalue weighted by atomic mass is 16.5. The Bertz CT molecular complexity index is 1480. The number of rotatable bonds is 5. The Kier molecular flexibility index (Phi) is 5.22. The summed E-state index contributed by atoms with van der Waals surface area (Å²) in [6.07, 6.45) is 2.54. The van der Waals surface area contributed by atoms with Crippen molar-refractivity contribution in [2.45, 2.75) is 25.4 Å². The zero-order chi connectivity index (χ0) is 24.1. The zero-order valence-corrected chi connectivity index (χ0v) is 19.4. The van der Waals surface area contributed by atoms with E-state index < -0.39 is 0 Å². The summed E-state index contributed by atoms with van der Waals surface area (Å²) in [6, 6.07) is 15.8. The molecule has 0 aliphatic carbocycles. The number of ether oxygens (including phenoxy) is 1. The first-order chi connectivity index (χ1) is 17.0. The number of ketones is 1. The van der Waals surface area contributed by atoms with Crippen LogP contribution in [0.4, 0.5) is 0 Å². The number of carbonyl (C=O) groups is 1. The molecule has 0 radical (unpaired) electrons. The molecule has 2 atom stereocenters. The lowest BCUT2D eigenvalue weighted by Crippen LogP contribution is -2.46. The minimum atomic E-state index is -0.165. The van der Waals surface area contributed by atoms with Crippen LogP contribution in [0.15, 0.2) is 70.1 Å². The lowest BCUT2D eigenvalue weighted by atomic mass is 9.83. The van der Waals surface area contributed by atoms with Crippen molar-refractivity contribution in [3.63, 3.8) is 0 Å². The molecule has 0 unspecified atom stereocenters. The average Bonchev–Trinajstić information content (AvgIpc) is 3.30. The second kappa shape index (κ2) is 8.43. The van der Waals surface area contributed by atoms with Crippen LogP contribution in [0.2, 0.25) is 0 Å². The van der Waals surface area contributed by atoms with Crippen molar-refractivity contribution in [2.75, 3.05) is 20.2 Å². The van der Waals surface area contributed by atoms with Crippen LogP contribution in [0.3, 0.4) is 0 Å². The van der Waals surface area contributed by atoms with Crippen molar-refractivity contribution >= 4 is 16.8 Å². The van der Waals surface area contributed by atoms with Gasteiger partial charge in [0.05, 0.1) is 12.7 Å². The van der Waals surface area contributed by atoms with Gasteiger partial charge in [0.25, 0.3) is 5.56 Å². The van der Waals surface area contributed by atoms with Crippen LogP contribution >= 0.6 is 0 Å². The Balaban J connectivity index is 1.34. The molecule has 2 aliphatic rings. The molecule has 1 fully saturated rings. The van der Waals surface area contributed by atoms with Gasteiger partial charge >= 0.3 is 0 Å². The highest BCUT2D eigenvalue weighted by Gasteiger charge is 2.35. The molecule has 4 heterocycles. The van der Waals surface area contributed by atoms with E-state index in [0.717, 1.165) is 25.2 Å². The molecule has 178 valence electrons. The maximum atomic E-state index is 13.4. The van der Waals surface area contributed by atoms with Crippen LogP contribution in [0.5, 0.6) is 11.5 Å². The van der Waals surface area contributed by atoms with Crippen molar-refractivity contribution in [1.29, 1.82) is 0 Å². The third-order valence-corrected chi connectivity index (χ3v) is 7.36. The molecule has 35 heavy (non-hydrogen) atoms. The summed E-state index contributed by atoms with van der Waals surface area (Å²) in [7, 11) is 1.58. The van der Waals surface area contributed by atoms with Gasteiger partial charge in [0.15, 0.2) is 5.78 Å². The van der Waals surface area contributed by atoms with Crippen molar-refractivity contribution < 1.29 is 19.1 Å². The molecule has 0 amide bonds. The number of hydrogen-bond donors (Lipinski definition) is 1. The molecule has 7 heteroatoms. The fourth-order valence-electron chi connectivity index (χ4n) is 5.76. The van der Waals surface area contributed by atoms with E-state index in [1.165, 1.54) is 6.26 Å². The molecule has 1 N–H and O–H groups in total. The second-order valence-electron chi connectivity index (χ2n) is 9.54. The topological polar surface area (TPSA) is 84.9 Å². The van der Waals surface area contributed by atoms with Gasteiger partial charge in [0, 0.05) is 60.4 Å². The predicted molar refractivity (Wildman–Crippen MR) is 131 cm³/mol. The molecule has 0 spiro atoms. The minimum absolute atomic E-state index is 0.0631. The maximum absolute atomic E-state index is 13.4. The highest BCUT2D eigenvalue weighted by molar-refractivity contribution is 6.16. The standard InChI is InChI=1S/C28H26N2O5/c1-34-20-7-5-18(6-8-20)28(33)22-16-35-25-10-9-24(31)21(27(22)25)15-29-12-17-11-19(14-29)23-3-2-4-26(32)30(23)13-17/h2-10,16-17,19,31H,11-15H2,1H3/t17-,19+/m0/s1. The SMILES string of the molecule is COc1ccc(C(=O)c2coc3ccc(O)c(CN4C[C@@H]5C[C@H](C4)c4cccc(=O)n4C5)c23)cc1. The molecule has 2 aromatic heterocycles. The Morgan fingerprint density at radius 1 is 1.09 bits per heavy atom. The van der Waals surface area contributed by atoms with Crippen molar-refractivity contribution in [1.82, 2.24) is 9.47 Å². The number of nitrogens with zero attached hydrogens (tertiary/aromatic N) is 2. The van der Waals surface area contributed by atoms with E-state index >= 15 is 0 Å². The quantitative estimate of drug-likeness (QED) is 0.441. The number of furan rings is 1. The fraction of sp³-hybridized carbons (Fsp3) is 0.286. The summed E-state index contributed by atoms with van der Waals surface area (Å²) in [5.74, 6) is 1.29. The van der Waals surface area contributed by atoms with E-state index in [9.17, 15) is 14.7 Å². The number of hydrogen-bond acceptors (Lipinski definition) is 6. The Hall–Kier alpha value is -3.84. The second-order valence-corrected chi connectivity index (χ2v) is 9.54. The summed E-state index contributed by atoms with van der Waals surface area (Å²) in [4.78, 5) is 28.0. The number of aromatic hydroxyl groups is 1. The first-order valence-corrected chi connectivity index (χ1v) is 11.8. The van der Waals surface area contributed by atoms with Crippen LogP contribution in [-0.2, 0) is 13.1 Å². The van der Waals surface area contributed by atoms with Crippen LogP contribution < -0.4 is 10.3 Å². The van der Waals surface area contributed by atoms with Crippen LogP contribution in [-0.4, -0.2) is 40.6 Å². The number of carbonyl (C=O) groups excluding carboxylic acids is 1. The summed E-state index contributed by atoms with van der Waals surface area (Å²) < 4.78 is 12.9. The van der Waals surface area contributed by atoms with Gasteiger partial charge in [0.1, 0.15) is 23.3 Å². The van der Waals surface area contributed by atoms with Crippen LogP contribution in [0, 0.1) is 5.92 Å². The lowest BCUT2D eigenvalue weighted by Gasteiger charge is -2.42. The average molecular weight is 471 g/mol. The number of fused-ring (bicyclic) bond motifs is 5. The van der Waals surface area contributed by atoms with Gasteiger partial charge in [-0.15, -0.1) is 0 Å². The van der Waals surface area contributed by atoms with Gasteiger partial charge < -0.3 is 18.8 Å². The molecule has 2 bridgehead atoms. The molecule has 7 nitrogen and oxygen atoms in total. The van der Waals surface area contributed by atoms with Crippen LogP contribution in [0.1, 0.15) is 39.5 Å². The van der Waals surface area contributed by atoms with E-state index in [1.54, 1.807) is 49.6 Å². The zero-order valence-electron chi connectivity index (χ0n) is 19.4. The van der Waals surface area contributed by atoms with E-state index in [0.29, 0.717) is 52.4 Å². The van der Waals surface area contributed by atoms with Crippen molar-refractivity contribution in [3.8, 4) is 11.5 Å². The van der Waals surface area contributed by atoms with Gasteiger partial charge in [-0.3, -0.25) is 14.5 Å². The van der Waals surface area contributed by atoms with Crippen LogP contribution in [0.25, 0.3) is 11.0 Å². The monoisotopic (exact) mass is 470 g/mol. The number of likely N-dealkylation sites (tertiary alicyclic amines) is 1. The Morgan fingerprint density at radius 3 is 2.71 bits per heavy atom. The summed E-state index contributed by atoms with van der Waals surface area (Å²) in [5.41, 5.74) is 3.37. The molecule has 1 saturated heterocycles. The lowest BCUT2D eigenvalue weighted by molar-refractivity contribution is 0.103. The van der Waals surface area contributed by atoms with Gasteiger partial charge in [-0.05, 0) is 54.8 Å². The van der Waals surface area contributed by atoms with Crippen molar-refractivity contribution in [2.24, 2.45) is 5.92 Å². The highest BCUT2D eigenvalue weighted by Crippen LogP contribution is 2.38. The predicted octanol–water partition coefficient (Wildman–Crippen LogP) is 4.16. The number of aromatic nitrogens is 1. The number of phenolic OH excluding ortho intramolecular Hbond substituents is 1. The molecule has 2 aromatic carbocycles. The molecule has 0 saturated carbocycles. The van der Waals surface area contributed by atoms with Crippen molar-refractivity contribution in [3.05, 3.63) is 93.6 Å². The summed E-state index contributed by atoms with van der Waals surface area (Å²) in [5, 5.41) is 11.5.